The normalized spacial score (nSPS) is 22.2. The number of hydrogen-bond acceptors (Lipinski definition) is 3. The highest BCUT2D eigenvalue weighted by Gasteiger charge is 2.43. The highest BCUT2D eigenvalue weighted by molar-refractivity contribution is 5.27. The molecule has 3 unspecified atom stereocenters. The number of likely N-dealkylation sites (N-methyl/N-ethyl adjacent to an activating group) is 1. The van der Waals surface area contributed by atoms with Gasteiger partial charge in [-0.3, -0.25) is 4.68 Å². The molecule has 3 rings (SSSR count). The van der Waals surface area contributed by atoms with Crippen LogP contribution in [0, 0.1) is 5.92 Å². The van der Waals surface area contributed by atoms with Crippen LogP contribution in [0.4, 0.5) is 0 Å². The van der Waals surface area contributed by atoms with Gasteiger partial charge >= 0.3 is 0 Å². The summed E-state index contributed by atoms with van der Waals surface area (Å²) in [7, 11) is 2.06. The molecule has 0 saturated heterocycles. The first-order valence-electron chi connectivity index (χ1n) is 7.92. The van der Waals surface area contributed by atoms with Crippen LogP contribution >= 0.6 is 0 Å². The molecule has 3 atom stereocenters. The second-order valence-corrected chi connectivity index (χ2v) is 5.92. The van der Waals surface area contributed by atoms with Crippen molar-refractivity contribution in [2.24, 2.45) is 5.92 Å². The standard InChI is InChI=1S/C17H24N4/c1-3-9-21-17(19-12-20-21)11-16(18-2)15-10-14(15)13-7-5-4-6-8-13/h4-8,12,14-16,18H,3,9-11H2,1-2H3. The molecule has 0 bridgehead atoms. The highest BCUT2D eigenvalue weighted by atomic mass is 15.3. The summed E-state index contributed by atoms with van der Waals surface area (Å²) in [6.45, 7) is 3.13. The number of aromatic nitrogens is 3. The van der Waals surface area contributed by atoms with Gasteiger partial charge in [0.2, 0.25) is 0 Å². The molecule has 1 saturated carbocycles. The Kier molecular flexibility index (Phi) is 4.34. The van der Waals surface area contributed by atoms with E-state index in [9.17, 15) is 0 Å². The van der Waals surface area contributed by atoms with Gasteiger partial charge in [-0.05, 0) is 37.3 Å². The van der Waals surface area contributed by atoms with Gasteiger partial charge in [-0.15, -0.1) is 0 Å². The van der Waals surface area contributed by atoms with Crippen LogP contribution in [0.3, 0.4) is 0 Å². The topological polar surface area (TPSA) is 42.7 Å². The molecule has 0 aliphatic heterocycles. The van der Waals surface area contributed by atoms with E-state index in [2.05, 4.69) is 59.7 Å². The monoisotopic (exact) mass is 284 g/mol. The van der Waals surface area contributed by atoms with E-state index >= 15 is 0 Å². The lowest BCUT2D eigenvalue weighted by Gasteiger charge is -2.16. The minimum absolute atomic E-state index is 0.481. The van der Waals surface area contributed by atoms with Crippen molar-refractivity contribution in [3.63, 3.8) is 0 Å². The van der Waals surface area contributed by atoms with Gasteiger partial charge < -0.3 is 5.32 Å². The zero-order valence-electron chi connectivity index (χ0n) is 12.9. The van der Waals surface area contributed by atoms with Gasteiger partial charge in [-0.1, -0.05) is 37.3 Å². The molecule has 1 aromatic carbocycles. The maximum absolute atomic E-state index is 4.44. The molecule has 0 radical (unpaired) electrons. The summed E-state index contributed by atoms with van der Waals surface area (Å²) < 4.78 is 2.05. The Labute approximate surface area is 126 Å². The van der Waals surface area contributed by atoms with Crippen LogP contribution in [0.2, 0.25) is 0 Å². The average molecular weight is 284 g/mol. The molecule has 0 spiro atoms. The van der Waals surface area contributed by atoms with Crippen molar-refractivity contribution in [3.8, 4) is 0 Å². The molecule has 2 aromatic rings. The Morgan fingerprint density at radius 2 is 2.14 bits per heavy atom. The molecule has 4 nitrogen and oxygen atoms in total. The maximum Gasteiger partial charge on any atom is 0.138 e. The van der Waals surface area contributed by atoms with Gasteiger partial charge in [0.15, 0.2) is 0 Å². The van der Waals surface area contributed by atoms with Crippen molar-refractivity contribution >= 4 is 0 Å². The lowest BCUT2D eigenvalue weighted by atomic mass is 10.0. The van der Waals surface area contributed by atoms with Crippen LogP contribution in [0.15, 0.2) is 36.7 Å². The Morgan fingerprint density at radius 1 is 1.33 bits per heavy atom. The third-order valence-electron chi connectivity index (χ3n) is 4.49. The van der Waals surface area contributed by atoms with Crippen LogP contribution in [-0.2, 0) is 13.0 Å². The Balaban J connectivity index is 1.65. The van der Waals surface area contributed by atoms with Gasteiger partial charge in [-0.25, -0.2) is 4.98 Å². The number of aryl methyl sites for hydroxylation is 1. The minimum atomic E-state index is 0.481. The zero-order valence-corrected chi connectivity index (χ0v) is 12.9. The van der Waals surface area contributed by atoms with Gasteiger partial charge in [0.1, 0.15) is 12.2 Å². The Hall–Kier alpha value is -1.68. The van der Waals surface area contributed by atoms with E-state index in [1.54, 1.807) is 6.33 Å². The summed E-state index contributed by atoms with van der Waals surface area (Å²) in [6, 6.07) is 11.3. The van der Waals surface area contributed by atoms with Gasteiger partial charge in [0.25, 0.3) is 0 Å². The summed E-state index contributed by atoms with van der Waals surface area (Å²) in [5.74, 6) is 2.52. The van der Waals surface area contributed by atoms with E-state index in [1.165, 1.54) is 12.0 Å². The van der Waals surface area contributed by atoms with Crippen LogP contribution in [0.1, 0.15) is 37.1 Å². The van der Waals surface area contributed by atoms with Crippen molar-refractivity contribution in [3.05, 3.63) is 48.0 Å². The second kappa shape index (κ2) is 6.39. The molecule has 1 N–H and O–H groups in total. The van der Waals surface area contributed by atoms with Crippen molar-refractivity contribution < 1.29 is 0 Å². The van der Waals surface area contributed by atoms with Crippen LogP contribution < -0.4 is 5.32 Å². The summed E-state index contributed by atoms with van der Waals surface area (Å²) >= 11 is 0. The molecule has 1 aromatic heterocycles. The fraction of sp³-hybridized carbons (Fsp3) is 0.529. The van der Waals surface area contributed by atoms with Crippen molar-refractivity contribution in [1.82, 2.24) is 20.1 Å². The van der Waals surface area contributed by atoms with Crippen molar-refractivity contribution in [1.29, 1.82) is 0 Å². The summed E-state index contributed by atoms with van der Waals surface area (Å²) in [6.07, 6.45) is 5.01. The Morgan fingerprint density at radius 3 is 2.86 bits per heavy atom. The van der Waals surface area contributed by atoms with Gasteiger partial charge in [0, 0.05) is 19.0 Å². The highest BCUT2D eigenvalue weighted by Crippen LogP contribution is 2.49. The third kappa shape index (κ3) is 3.16. The lowest BCUT2D eigenvalue weighted by molar-refractivity contribution is 0.459. The number of benzene rings is 1. The maximum atomic E-state index is 4.44. The van der Waals surface area contributed by atoms with E-state index in [-0.39, 0.29) is 0 Å². The molecular formula is C17H24N4. The molecule has 21 heavy (non-hydrogen) atoms. The van der Waals surface area contributed by atoms with E-state index in [0.29, 0.717) is 17.9 Å². The fourth-order valence-electron chi connectivity index (χ4n) is 3.25. The summed E-state index contributed by atoms with van der Waals surface area (Å²) in [4.78, 5) is 4.44. The van der Waals surface area contributed by atoms with E-state index in [1.807, 2.05) is 4.68 Å². The SMILES string of the molecule is CCCn1ncnc1CC(NC)C1CC1c1ccccc1. The Bertz CT molecular complexity index is 563. The molecule has 1 aliphatic carbocycles. The number of hydrogen-bond donors (Lipinski definition) is 1. The molecule has 4 heteroatoms. The smallest absolute Gasteiger partial charge is 0.138 e. The molecule has 0 amide bonds. The molecular weight excluding hydrogens is 260 g/mol. The van der Waals surface area contributed by atoms with Crippen LogP contribution in [0.5, 0.6) is 0 Å². The second-order valence-electron chi connectivity index (χ2n) is 5.92. The van der Waals surface area contributed by atoms with Crippen LogP contribution in [-0.4, -0.2) is 27.9 Å². The van der Waals surface area contributed by atoms with E-state index < -0.39 is 0 Å². The van der Waals surface area contributed by atoms with Crippen LogP contribution in [0.25, 0.3) is 0 Å². The number of nitrogens with zero attached hydrogens (tertiary/aromatic N) is 3. The predicted octanol–water partition coefficient (Wildman–Crippen LogP) is 2.62. The first kappa shape index (κ1) is 14.3. The van der Waals surface area contributed by atoms with E-state index in [4.69, 9.17) is 0 Å². The zero-order chi connectivity index (χ0) is 14.7. The first-order chi connectivity index (χ1) is 10.3. The van der Waals surface area contributed by atoms with Gasteiger partial charge in [-0.2, -0.15) is 5.10 Å². The lowest BCUT2D eigenvalue weighted by Crippen LogP contribution is -2.31. The molecule has 112 valence electrons. The molecule has 1 fully saturated rings. The number of nitrogens with one attached hydrogen (secondary N) is 1. The predicted molar refractivity (Wildman–Crippen MR) is 84.2 cm³/mol. The summed E-state index contributed by atoms with van der Waals surface area (Å²) in [5, 5.41) is 7.82. The average Bonchev–Trinajstić information content (AvgIpc) is 3.20. The fourth-order valence-corrected chi connectivity index (χ4v) is 3.25. The first-order valence-corrected chi connectivity index (χ1v) is 7.92. The summed E-state index contributed by atoms with van der Waals surface area (Å²) in [5.41, 5.74) is 1.47. The molecule has 1 aliphatic rings. The van der Waals surface area contributed by atoms with E-state index in [0.717, 1.165) is 25.2 Å². The molecule has 1 heterocycles. The van der Waals surface area contributed by atoms with Gasteiger partial charge in [0.05, 0.1) is 0 Å². The number of rotatable bonds is 7. The van der Waals surface area contributed by atoms with Crippen molar-refractivity contribution in [2.45, 2.75) is 44.7 Å². The van der Waals surface area contributed by atoms with Crippen molar-refractivity contribution in [2.75, 3.05) is 7.05 Å². The largest absolute Gasteiger partial charge is 0.316 e. The quantitative estimate of drug-likeness (QED) is 0.850. The third-order valence-corrected chi connectivity index (χ3v) is 4.49. The minimum Gasteiger partial charge on any atom is -0.316 e.